The van der Waals surface area contributed by atoms with Gasteiger partial charge >= 0.3 is 6.03 Å². The summed E-state index contributed by atoms with van der Waals surface area (Å²) < 4.78 is 0. The molecule has 0 aromatic heterocycles. The predicted molar refractivity (Wildman–Crippen MR) is 100 cm³/mol. The van der Waals surface area contributed by atoms with Gasteiger partial charge in [0.05, 0.1) is 22.9 Å². The second kappa shape index (κ2) is 7.11. The predicted octanol–water partition coefficient (Wildman–Crippen LogP) is 2.86. The van der Waals surface area contributed by atoms with E-state index in [9.17, 15) is 4.79 Å². The van der Waals surface area contributed by atoms with Gasteiger partial charge in [-0.2, -0.15) is 5.26 Å². The van der Waals surface area contributed by atoms with Crippen LogP contribution in [0, 0.1) is 16.7 Å². The van der Waals surface area contributed by atoms with Crippen LogP contribution in [-0.4, -0.2) is 61.6 Å². The highest BCUT2D eigenvalue weighted by Gasteiger charge is 2.41. The highest BCUT2D eigenvalue weighted by molar-refractivity contribution is 6.31. The van der Waals surface area contributed by atoms with Crippen molar-refractivity contribution in [1.29, 1.82) is 5.26 Å². The molecule has 2 aliphatic rings. The average Bonchev–Trinajstić information content (AvgIpc) is 2.59. The van der Waals surface area contributed by atoms with Crippen LogP contribution in [0.4, 0.5) is 16.2 Å². The molecule has 2 fully saturated rings. The third-order valence-corrected chi connectivity index (χ3v) is 5.23. The second-order valence-electron chi connectivity index (χ2n) is 7.04. The Labute approximate surface area is 153 Å². The number of carbonyl (C=O) groups is 1. The molecule has 3 rings (SSSR count). The van der Waals surface area contributed by atoms with E-state index in [1.54, 1.807) is 11.0 Å². The first-order chi connectivity index (χ1) is 11.9. The fourth-order valence-electron chi connectivity index (χ4n) is 3.39. The van der Waals surface area contributed by atoms with E-state index in [4.69, 9.17) is 16.9 Å². The summed E-state index contributed by atoms with van der Waals surface area (Å²) in [6.07, 6.45) is 0. The van der Waals surface area contributed by atoms with Gasteiger partial charge in [0.1, 0.15) is 0 Å². The quantitative estimate of drug-likeness (QED) is 0.899. The van der Waals surface area contributed by atoms with Gasteiger partial charge in [0.2, 0.25) is 0 Å². The minimum absolute atomic E-state index is 0.177. The number of urea groups is 1. The van der Waals surface area contributed by atoms with Crippen LogP contribution in [0.5, 0.6) is 0 Å². The Morgan fingerprint density at radius 3 is 2.60 bits per heavy atom. The number of amides is 2. The fourth-order valence-corrected chi connectivity index (χ4v) is 3.57. The van der Waals surface area contributed by atoms with Crippen molar-refractivity contribution >= 4 is 29.0 Å². The number of carbonyl (C=O) groups excluding carboxylic acids is 1. The molecule has 0 unspecified atom stereocenters. The van der Waals surface area contributed by atoms with Gasteiger partial charge < -0.3 is 20.0 Å². The maximum Gasteiger partial charge on any atom is 0.322 e. The first kappa shape index (κ1) is 17.8. The lowest BCUT2D eigenvalue weighted by Crippen LogP contribution is -2.57. The molecule has 2 aliphatic heterocycles. The topological polar surface area (TPSA) is 62.6 Å². The summed E-state index contributed by atoms with van der Waals surface area (Å²) in [5.41, 5.74) is 1.30. The molecule has 2 amide bonds. The normalized spacial score (nSPS) is 19.9. The second-order valence-corrected chi connectivity index (χ2v) is 7.48. The molecule has 1 N–H and O–H groups in total. The van der Waals surface area contributed by atoms with Crippen molar-refractivity contribution in [2.24, 2.45) is 5.41 Å². The standard InChI is InChI=1S/C18H24ClN5O/c1-3-22-6-8-23(9-7-22)16-5-4-14(19)10-15(16)21-17(25)24-12-18(2,11-20)13-24/h4-5,10H,3,6-9,12-13H2,1-2H3,(H,21,25). The molecule has 6 nitrogen and oxygen atoms in total. The number of hydrogen-bond donors (Lipinski definition) is 1. The van der Waals surface area contributed by atoms with Gasteiger partial charge in [-0.3, -0.25) is 0 Å². The summed E-state index contributed by atoms with van der Waals surface area (Å²) in [5.74, 6) is 0. The Kier molecular flexibility index (Phi) is 5.07. The Bertz CT molecular complexity index is 687. The molecule has 1 aromatic rings. The Morgan fingerprint density at radius 1 is 1.32 bits per heavy atom. The van der Waals surface area contributed by atoms with Crippen molar-refractivity contribution in [3.63, 3.8) is 0 Å². The third kappa shape index (κ3) is 3.83. The summed E-state index contributed by atoms with van der Waals surface area (Å²) >= 11 is 6.15. The van der Waals surface area contributed by atoms with Gasteiger partial charge in [0.25, 0.3) is 0 Å². The molecule has 1 aromatic carbocycles. The highest BCUT2D eigenvalue weighted by Crippen LogP contribution is 2.33. The van der Waals surface area contributed by atoms with Crippen LogP contribution in [0.2, 0.25) is 5.02 Å². The van der Waals surface area contributed by atoms with Crippen LogP contribution >= 0.6 is 11.6 Å². The summed E-state index contributed by atoms with van der Waals surface area (Å²) in [5, 5.41) is 12.7. The van der Waals surface area contributed by atoms with Gasteiger partial charge in [-0.25, -0.2) is 4.79 Å². The van der Waals surface area contributed by atoms with Crippen molar-refractivity contribution in [2.75, 3.05) is 56.0 Å². The smallest absolute Gasteiger partial charge is 0.322 e. The van der Waals surface area contributed by atoms with Gasteiger partial charge in [-0.15, -0.1) is 0 Å². The summed E-state index contributed by atoms with van der Waals surface area (Å²) in [6.45, 7) is 9.90. The SMILES string of the molecule is CCN1CCN(c2ccc(Cl)cc2NC(=O)N2CC(C)(C#N)C2)CC1. The van der Waals surface area contributed by atoms with Crippen LogP contribution in [-0.2, 0) is 0 Å². The number of nitrogens with zero attached hydrogens (tertiary/aromatic N) is 4. The van der Waals surface area contributed by atoms with Crippen LogP contribution in [0.25, 0.3) is 0 Å². The molecular formula is C18H24ClN5O. The van der Waals surface area contributed by atoms with Crippen LogP contribution in [0.15, 0.2) is 18.2 Å². The van der Waals surface area contributed by atoms with Gasteiger partial charge in [-0.05, 0) is 31.7 Å². The fraction of sp³-hybridized carbons (Fsp3) is 0.556. The summed E-state index contributed by atoms with van der Waals surface area (Å²) in [7, 11) is 0. The van der Waals surface area contributed by atoms with Gasteiger partial charge in [0, 0.05) is 44.3 Å². The van der Waals surface area contributed by atoms with E-state index in [2.05, 4.69) is 28.1 Å². The van der Waals surface area contributed by atoms with E-state index in [1.807, 2.05) is 19.1 Å². The minimum atomic E-state index is -0.426. The van der Waals surface area contributed by atoms with E-state index < -0.39 is 5.41 Å². The lowest BCUT2D eigenvalue weighted by Gasteiger charge is -2.43. The van der Waals surface area contributed by atoms with Crippen LogP contribution in [0.3, 0.4) is 0 Å². The number of anilines is 2. The molecule has 7 heteroatoms. The number of nitriles is 1. The van der Waals surface area contributed by atoms with Crippen molar-refractivity contribution in [2.45, 2.75) is 13.8 Å². The molecule has 25 heavy (non-hydrogen) atoms. The van der Waals surface area contributed by atoms with Crippen LogP contribution < -0.4 is 10.2 Å². The summed E-state index contributed by atoms with van der Waals surface area (Å²) in [6, 6.07) is 7.69. The molecule has 0 bridgehead atoms. The molecule has 0 saturated carbocycles. The van der Waals surface area contributed by atoms with Crippen molar-refractivity contribution in [3.8, 4) is 6.07 Å². The Balaban J connectivity index is 1.70. The lowest BCUT2D eigenvalue weighted by molar-refractivity contribution is 0.0970. The largest absolute Gasteiger partial charge is 0.367 e. The monoisotopic (exact) mass is 361 g/mol. The maximum absolute atomic E-state index is 12.5. The van der Waals surface area contributed by atoms with Crippen LogP contribution in [0.1, 0.15) is 13.8 Å². The molecule has 0 radical (unpaired) electrons. The number of likely N-dealkylation sites (tertiary alicyclic amines) is 1. The molecule has 0 atom stereocenters. The Hall–Kier alpha value is -1.97. The van der Waals surface area contributed by atoms with Gasteiger partial charge in [0.15, 0.2) is 0 Å². The number of nitrogens with one attached hydrogen (secondary N) is 1. The van der Waals surface area contributed by atoms with E-state index >= 15 is 0 Å². The lowest BCUT2D eigenvalue weighted by atomic mass is 9.84. The third-order valence-electron chi connectivity index (χ3n) is 5.00. The van der Waals surface area contributed by atoms with E-state index in [0.29, 0.717) is 18.1 Å². The minimum Gasteiger partial charge on any atom is -0.367 e. The van der Waals surface area contributed by atoms with Crippen molar-refractivity contribution in [1.82, 2.24) is 9.80 Å². The van der Waals surface area contributed by atoms with E-state index in [-0.39, 0.29) is 6.03 Å². The molecule has 0 spiro atoms. The zero-order valence-corrected chi connectivity index (χ0v) is 15.5. The van der Waals surface area contributed by atoms with E-state index in [0.717, 1.165) is 44.1 Å². The highest BCUT2D eigenvalue weighted by atomic mass is 35.5. The molecule has 0 aliphatic carbocycles. The van der Waals surface area contributed by atoms with Gasteiger partial charge in [-0.1, -0.05) is 18.5 Å². The number of hydrogen-bond acceptors (Lipinski definition) is 4. The number of likely N-dealkylation sites (N-methyl/N-ethyl adjacent to an activating group) is 1. The number of benzene rings is 1. The Morgan fingerprint density at radius 2 is 2.00 bits per heavy atom. The first-order valence-corrected chi connectivity index (χ1v) is 9.06. The average molecular weight is 362 g/mol. The zero-order chi connectivity index (χ0) is 18.0. The van der Waals surface area contributed by atoms with Crippen molar-refractivity contribution < 1.29 is 4.79 Å². The molecule has 134 valence electrons. The van der Waals surface area contributed by atoms with E-state index in [1.165, 1.54) is 0 Å². The van der Waals surface area contributed by atoms with Crippen molar-refractivity contribution in [3.05, 3.63) is 23.2 Å². The number of rotatable bonds is 3. The molecular weight excluding hydrogens is 338 g/mol. The molecule has 2 saturated heterocycles. The summed E-state index contributed by atoms with van der Waals surface area (Å²) in [4.78, 5) is 18.8. The zero-order valence-electron chi connectivity index (χ0n) is 14.8. The number of piperazine rings is 1. The first-order valence-electron chi connectivity index (χ1n) is 8.68. The maximum atomic E-state index is 12.5. The molecule has 2 heterocycles. The number of halogens is 1.